The van der Waals surface area contributed by atoms with Crippen LogP contribution in [0.4, 0.5) is 5.69 Å². The monoisotopic (exact) mass is 499 g/mol. The van der Waals surface area contributed by atoms with Gasteiger partial charge < -0.3 is 4.74 Å². The zero-order valence-corrected chi connectivity index (χ0v) is 20.0. The van der Waals surface area contributed by atoms with E-state index in [4.69, 9.17) is 11.6 Å². The Morgan fingerprint density at radius 3 is 2.29 bits per heavy atom. The maximum atomic E-state index is 13.3. The average molecular weight is 500 g/mol. The number of nitrogens with zero attached hydrogens (tertiary/aromatic N) is 2. The second-order valence-electron chi connectivity index (χ2n) is 7.18. The van der Waals surface area contributed by atoms with Crippen LogP contribution in [0, 0.1) is 6.92 Å². The average Bonchev–Trinajstić information content (AvgIpc) is 2.83. The number of para-hydroxylation sites is 1. The molecule has 0 aliphatic heterocycles. The van der Waals surface area contributed by atoms with Crippen LogP contribution < -0.4 is 9.73 Å². The zero-order valence-electron chi connectivity index (χ0n) is 18.4. The quantitative estimate of drug-likeness (QED) is 0.288. The summed E-state index contributed by atoms with van der Waals surface area (Å²) in [6.45, 7) is 1.30. The number of methoxy groups -OCH3 is 1. The van der Waals surface area contributed by atoms with Gasteiger partial charge in [-0.05, 0) is 48.9 Å². The second-order valence-corrected chi connectivity index (χ2v) is 9.45. The molecule has 0 spiro atoms. The molecule has 8 nitrogen and oxygen atoms in total. The number of nitrogens with one attached hydrogen (secondary N) is 1. The van der Waals surface area contributed by atoms with Gasteiger partial charge in [0.1, 0.15) is 6.54 Å². The lowest BCUT2D eigenvalue weighted by Crippen LogP contribution is -2.39. The molecule has 0 aromatic heterocycles. The second kappa shape index (κ2) is 11.0. The molecule has 0 heterocycles. The van der Waals surface area contributed by atoms with Gasteiger partial charge in [0, 0.05) is 0 Å². The number of aryl methyl sites for hydroxylation is 1. The molecule has 0 saturated heterocycles. The molecular formula is C24H22ClN3O5S. The van der Waals surface area contributed by atoms with E-state index < -0.39 is 28.4 Å². The fraction of sp³-hybridized carbons (Fsp3) is 0.125. The fourth-order valence-electron chi connectivity index (χ4n) is 2.96. The van der Waals surface area contributed by atoms with E-state index in [2.05, 4.69) is 15.3 Å². The van der Waals surface area contributed by atoms with Crippen LogP contribution in [0.25, 0.3) is 0 Å². The Labute approximate surface area is 202 Å². The maximum absolute atomic E-state index is 13.3. The number of carbonyl (C=O) groups is 2. The first-order valence-corrected chi connectivity index (χ1v) is 11.9. The molecule has 0 fully saturated rings. The Bertz CT molecular complexity index is 1310. The largest absolute Gasteiger partial charge is 0.465 e. The highest BCUT2D eigenvalue weighted by Gasteiger charge is 2.28. The molecule has 0 aliphatic carbocycles. The first-order chi connectivity index (χ1) is 16.2. The number of esters is 1. The number of rotatable bonds is 8. The molecule has 3 aromatic carbocycles. The van der Waals surface area contributed by atoms with Gasteiger partial charge in [0.25, 0.3) is 15.9 Å². The summed E-state index contributed by atoms with van der Waals surface area (Å²) >= 11 is 6.25. The molecule has 0 aliphatic rings. The van der Waals surface area contributed by atoms with Crippen LogP contribution in [0.5, 0.6) is 0 Å². The molecule has 0 unspecified atom stereocenters. The van der Waals surface area contributed by atoms with E-state index in [0.29, 0.717) is 11.1 Å². The molecular weight excluding hydrogens is 478 g/mol. The van der Waals surface area contributed by atoms with E-state index in [-0.39, 0.29) is 15.6 Å². The van der Waals surface area contributed by atoms with E-state index in [0.717, 1.165) is 9.87 Å². The molecule has 34 heavy (non-hydrogen) atoms. The van der Waals surface area contributed by atoms with Crippen molar-refractivity contribution in [2.24, 2.45) is 5.10 Å². The third-order valence-corrected chi connectivity index (χ3v) is 6.85. The van der Waals surface area contributed by atoms with Crippen molar-refractivity contribution in [2.75, 3.05) is 18.0 Å². The van der Waals surface area contributed by atoms with Crippen molar-refractivity contribution < 1.29 is 22.7 Å². The maximum Gasteiger partial charge on any atom is 0.337 e. The number of carbonyl (C=O) groups excluding carboxylic acids is 2. The highest BCUT2D eigenvalue weighted by Crippen LogP contribution is 2.30. The van der Waals surface area contributed by atoms with Crippen molar-refractivity contribution in [1.82, 2.24) is 5.43 Å². The third kappa shape index (κ3) is 6.00. The summed E-state index contributed by atoms with van der Waals surface area (Å²) in [7, 11) is -2.80. The molecule has 0 radical (unpaired) electrons. The summed E-state index contributed by atoms with van der Waals surface area (Å²) in [4.78, 5) is 24.1. The van der Waals surface area contributed by atoms with Crippen LogP contribution in [-0.4, -0.2) is 40.2 Å². The van der Waals surface area contributed by atoms with Crippen molar-refractivity contribution in [3.8, 4) is 0 Å². The number of hydrogen-bond donors (Lipinski definition) is 1. The van der Waals surface area contributed by atoms with Gasteiger partial charge in [-0.3, -0.25) is 9.10 Å². The molecule has 176 valence electrons. The first-order valence-electron chi connectivity index (χ1n) is 10.1. The van der Waals surface area contributed by atoms with Crippen LogP contribution in [0.3, 0.4) is 0 Å². The highest BCUT2D eigenvalue weighted by molar-refractivity contribution is 7.92. The molecule has 0 saturated carbocycles. The third-order valence-electron chi connectivity index (χ3n) is 4.75. The Morgan fingerprint density at radius 1 is 1.03 bits per heavy atom. The minimum absolute atomic E-state index is 0.0278. The van der Waals surface area contributed by atoms with Gasteiger partial charge in [0.15, 0.2) is 0 Å². The highest BCUT2D eigenvalue weighted by atomic mass is 35.5. The first kappa shape index (κ1) is 24.9. The number of sulfonamides is 1. The number of ether oxygens (including phenoxy) is 1. The number of halogens is 1. The van der Waals surface area contributed by atoms with Gasteiger partial charge in [0.05, 0.1) is 34.5 Å². The minimum atomic E-state index is -4.09. The minimum Gasteiger partial charge on any atom is -0.465 e. The van der Waals surface area contributed by atoms with Crippen molar-refractivity contribution in [1.29, 1.82) is 0 Å². The molecule has 0 bridgehead atoms. The van der Waals surface area contributed by atoms with Crippen LogP contribution >= 0.6 is 11.6 Å². The van der Waals surface area contributed by atoms with E-state index in [9.17, 15) is 18.0 Å². The number of anilines is 1. The number of hydrazone groups is 1. The summed E-state index contributed by atoms with van der Waals surface area (Å²) in [5.74, 6) is -1.13. The fourth-order valence-corrected chi connectivity index (χ4v) is 4.69. The van der Waals surface area contributed by atoms with Gasteiger partial charge in [-0.15, -0.1) is 0 Å². The van der Waals surface area contributed by atoms with Crippen LogP contribution in [0.15, 0.2) is 82.8 Å². The predicted octanol–water partition coefficient (Wildman–Crippen LogP) is 3.78. The summed E-state index contributed by atoms with van der Waals surface area (Å²) in [6, 6.07) is 19.0. The smallest absolute Gasteiger partial charge is 0.337 e. The van der Waals surface area contributed by atoms with Crippen molar-refractivity contribution in [3.05, 3.63) is 94.5 Å². The van der Waals surface area contributed by atoms with Crippen LogP contribution in [0.1, 0.15) is 21.5 Å². The summed E-state index contributed by atoms with van der Waals surface area (Å²) in [6.07, 6.45) is 1.37. The topological polar surface area (TPSA) is 105 Å². The predicted molar refractivity (Wildman–Crippen MR) is 131 cm³/mol. The Kier molecular flexibility index (Phi) is 8.04. The van der Waals surface area contributed by atoms with Crippen LogP contribution in [-0.2, 0) is 19.6 Å². The summed E-state index contributed by atoms with van der Waals surface area (Å²) in [5, 5.41) is 4.06. The molecule has 3 rings (SSSR count). The van der Waals surface area contributed by atoms with Gasteiger partial charge in [-0.2, -0.15) is 5.10 Å². The Hall–Kier alpha value is -3.69. The number of amides is 1. The lowest BCUT2D eigenvalue weighted by atomic mass is 10.1. The summed E-state index contributed by atoms with van der Waals surface area (Å²) in [5.41, 5.74) is 4.38. The Balaban J connectivity index is 1.79. The van der Waals surface area contributed by atoms with Crippen molar-refractivity contribution >= 4 is 45.4 Å². The molecule has 1 amide bonds. The number of benzene rings is 3. The van der Waals surface area contributed by atoms with E-state index >= 15 is 0 Å². The lowest BCUT2D eigenvalue weighted by molar-refractivity contribution is -0.119. The van der Waals surface area contributed by atoms with E-state index in [1.165, 1.54) is 31.5 Å². The van der Waals surface area contributed by atoms with Crippen molar-refractivity contribution in [2.45, 2.75) is 11.8 Å². The summed E-state index contributed by atoms with van der Waals surface area (Å²) < 4.78 is 32.3. The normalized spacial score (nSPS) is 11.3. The van der Waals surface area contributed by atoms with E-state index in [1.807, 2.05) is 6.92 Å². The molecule has 10 heteroatoms. The number of hydrogen-bond acceptors (Lipinski definition) is 6. The van der Waals surface area contributed by atoms with Gasteiger partial charge >= 0.3 is 5.97 Å². The van der Waals surface area contributed by atoms with Gasteiger partial charge in [-0.1, -0.05) is 53.6 Å². The van der Waals surface area contributed by atoms with E-state index in [1.54, 1.807) is 54.6 Å². The van der Waals surface area contributed by atoms with Crippen LogP contribution in [0.2, 0.25) is 5.02 Å². The standard InChI is InChI=1S/C24H22ClN3O5S/c1-17-7-13-20(14-8-17)34(31,32)28(22-6-4-3-5-21(22)25)16-23(29)27-26-15-18-9-11-19(12-10-18)24(30)33-2/h3-15H,16H2,1-2H3,(H,27,29)/b26-15-. The van der Waals surface area contributed by atoms with Gasteiger partial charge in [0.2, 0.25) is 0 Å². The Morgan fingerprint density at radius 2 is 1.68 bits per heavy atom. The zero-order chi connectivity index (χ0) is 24.7. The molecule has 0 atom stereocenters. The molecule has 1 N–H and O–H groups in total. The molecule has 3 aromatic rings. The lowest BCUT2D eigenvalue weighted by Gasteiger charge is -2.24. The van der Waals surface area contributed by atoms with Crippen molar-refractivity contribution in [3.63, 3.8) is 0 Å². The van der Waals surface area contributed by atoms with Gasteiger partial charge in [-0.25, -0.2) is 18.6 Å². The SMILES string of the molecule is COC(=O)c1ccc(/C=N\NC(=O)CN(c2ccccc2Cl)S(=O)(=O)c2ccc(C)cc2)cc1.